The number of nitrogens with zero attached hydrogens (tertiary/aromatic N) is 4. The number of hydrogen-bond donors (Lipinski definition) is 0. The molecule has 1 aromatic carbocycles. The quantitative estimate of drug-likeness (QED) is 0.690. The first kappa shape index (κ1) is 18.2. The average Bonchev–Trinajstić information content (AvgIpc) is 2.79. The number of rotatable bonds is 5. The lowest BCUT2D eigenvalue weighted by molar-refractivity contribution is -0.133. The van der Waals surface area contributed by atoms with Crippen LogP contribution >= 0.6 is 0 Å². The van der Waals surface area contributed by atoms with Crippen molar-refractivity contribution in [2.24, 2.45) is 0 Å². The summed E-state index contributed by atoms with van der Waals surface area (Å²) < 4.78 is 0. The molecule has 0 bridgehead atoms. The fraction of sp³-hybridized carbons (Fsp3) is 0.261. The first-order valence-electron chi connectivity index (χ1n) is 9.70. The van der Waals surface area contributed by atoms with Gasteiger partial charge >= 0.3 is 0 Å². The molecule has 28 heavy (non-hydrogen) atoms. The van der Waals surface area contributed by atoms with E-state index in [0.717, 1.165) is 30.0 Å². The highest BCUT2D eigenvalue weighted by Crippen LogP contribution is 2.24. The van der Waals surface area contributed by atoms with E-state index < -0.39 is 0 Å². The fourth-order valence-electron chi connectivity index (χ4n) is 3.70. The highest BCUT2D eigenvalue weighted by atomic mass is 16.2. The van der Waals surface area contributed by atoms with Crippen molar-refractivity contribution in [3.05, 3.63) is 90.4 Å². The number of hydrogen-bond acceptors (Lipinski definition) is 4. The predicted molar refractivity (Wildman–Crippen MR) is 110 cm³/mol. The molecule has 142 valence electrons. The number of pyridine rings is 2. The minimum absolute atomic E-state index is 0.188. The Hall–Kier alpha value is -3.21. The minimum atomic E-state index is -0.188. The Balaban J connectivity index is 1.48. The van der Waals surface area contributed by atoms with Crippen molar-refractivity contribution in [3.63, 3.8) is 0 Å². The van der Waals surface area contributed by atoms with Gasteiger partial charge in [-0.1, -0.05) is 42.5 Å². The third-order valence-electron chi connectivity index (χ3n) is 5.23. The van der Waals surface area contributed by atoms with E-state index in [4.69, 9.17) is 0 Å². The van der Waals surface area contributed by atoms with Gasteiger partial charge in [0.1, 0.15) is 5.82 Å². The van der Waals surface area contributed by atoms with Gasteiger partial charge in [-0.05, 0) is 35.7 Å². The van der Waals surface area contributed by atoms with Gasteiger partial charge in [0.15, 0.2) is 0 Å². The van der Waals surface area contributed by atoms with Crippen molar-refractivity contribution in [1.29, 1.82) is 0 Å². The second-order valence-electron chi connectivity index (χ2n) is 7.03. The summed E-state index contributed by atoms with van der Waals surface area (Å²) in [7, 11) is 0. The standard InChI is InChI=1S/C23H24N4O/c28-23(27-15-13-26(14-16-27)22-10-4-5-12-25-22)21(20-8-2-1-3-9-20)17-19-7-6-11-24-18-19/h1-12,18,21H,13-17H2. The van der Waals surface area contributed by atoms with Crippen LogP contribution in [-0.4, -0.2) is 47.0 Å². The lowest BCUT2D eigenvalue weighted by Crippen LogP contribution is -2.50. The van der Waals surface area contributed by atoms with Crippen molar-refractivity contribution in [1.82, 2.24) is 14.9 Å². The smallest absolute Gasteiger partial charge is 0.230 e. The van der Waals surface area contributed by atoms with E-state index in [1.165, 1.54) is 0 Å². The molecule has 0 aliphatic carbocycles. The zero-order valence-corrected chi connectivity index (χ0v) is 15.8. The molecular weight excluding hydrogens is 348 g/mol. The minimum Gasteiger partial charge on any atom is -0.353 e. The Kier molecular flexibility index (Phi) is 5.61. The number of aromatic nitrogens is 2. The second-order valence-corrected chi connectivity index (χ2v) is 7.03. The predicted octanol–water partition coefficient (Wildman–Crippen LogP) is 3.15. The molecule has 2 aromatic heterocycles. The van der Waals surface area contributed by atoms with Gasteiger partial charge in [-0.2, -0.15) is 0 Å². The maximum absolute atomic E-state index is 13.4. The largest absolute Gasteiger partial charge is 0.353 e. The maximum Gasteiger partial charge on any atom is 0.230 e. The summed E-state index contributed by atoms with van der Waals surface area (Å²) in [6.45, 7) is 3.03. The lowest BCUT2D eigenvalue weighted by atomic mass is 9.91. The number of amides is 1. The van der Waals surface area contributed by atoms with Crippen molar-refractivity contribution in [2.75, 3.05) is 31.1 Å². The van der Waals surface area contributed by atoms with E-state index in [9.17, 15) is 4.79 Å². The van der Waals surface area contributed by atoms with Crippen LogP contribution in [-0.2, 0) is 11.2 Å². The van der Waals surface area contributed by atoms with Crippen molar-refractivity contribution < 1.29 is 4.79 Å². The molecule has 5 heteroatoms. The van der Waals surface area contributed by atoms with Crippen molar-refractivity contribution in [2.45, 2.75) is 12.3 Å². The van der Waals surface area contributed by atoms with Crippen LogP contribution in [0.1, 0.15) is 17.0 Å². The van der Waals surface area contributed by atoms with Gasteiger partial charge in [-0.15, -0.1) is 0 Å². The first-order valence-corrected chi connectivity index (χ1v) is 9.70. The number of benzene rings is 1. The van der Waals surface area contributed by atoms with Crippen LogP contribution in [0.2, 0.25) is 0 Å². The van der Waals surface area contributed by atoms with Crippen LogP contribution in [0.4, 0.5) is 5.82 Å². The van der Waals surface area contributed by atoms with Crippen molar-refractivity contribution in [3.8, 4) is 0 Å². The number of anilines is 1. The SMILES string of the molecule is O=C(C(Cc1cccnc1)c1ccccc1)N1CCN(c2ccccn2)CC1. The summed E-state index contributed by atoms with van der Waals surface area (Å²) in [4.78, 5) is 26.3. The Morgan fingerprint density at radius 1 is 0.893 bits per heavy atom. The van der Waals surface area contributed by atoms with Crippen LogP contribution in [0, 0.1) is 0 Å². The zero-order valence-electron chi connectivity index (χ0n) is 15.8. The molecule has 1 fully saturated rings. The number of carbonyl (C=O) groups excluding carboxylic acids is 1. The summed E-state index contributed by atoms with van der Waals surface area (Å²) in [5, 5.41) is 0. The third-order valence-corrected chi connectivity index (χ3v) is 5.23. The summed E-state index contributed by atoms with van der Waals surface area (Å²) in [5.74, 6) is 0.979. The molecule has 1 atom stereocenters. The Bertz CT molecular complexity index is 878. The van der Waals surface area contributed by atoms with Gasteiger partial charge in [0, 0.05) is 44.8 Å². The van der Waals surface area contributed by atoms with Crippen molar-refractivity contribution >= 4 is 11.7 Å². The molecule has 0 radical (unpaired) electrons. The molecule has 0 spiro atoms. The Morgan fingerprint density at radius 3 is 2.36 bits per heavy atom. The first-order chi connectivity index (χ1) is 13.8. The Morgan fingerprint density at radius 2 is 1.68 bits per heavy atom. The van der Waals surface area contributed by atoms with E-state index in [1.54, 1.807) is 6.20 Å². The monoisotopic (exact) mass is 372 g/mol. The van der Waals surface area contributed by atoms with Gasteiger partial charge < -0.3 is 9.80 Å². The topological polar surface area (TPSA) is 49.3 Å². The van der Waals surface area contributed by atoms with E-state index in [2.05, 4.69) is 14.9 Å². The van der Waals surface area contributed by atoms with Gasteiger partial charge in [-0.3, -0.25) is 9.78 Å². The molecule has 1 aliphatic rings. The Labute approximate surface area is 165 Å². The highest BCUT2D eigenvalue weighted by molar-refractivity contribution is 5.84. The average molecular weight is 372 g/mol. The summed E-state index contributed by atoms with van der Waals surface area (Å²) >= 11 is 0. The molecule has 4 rings (SSSR count). The van der Waals surface area contributed by atoms with Crippen LogP contribution in [0.3, 0.4) is 0 Å². The van der Waals surface area contributed by atoms with Gasteiger partial charge in [0.2, 0.25) is 5.91 Å². The molecule has 0 saturated carbocycles. The van der Waals surface area contributed by atoms with Gasteiger partial charge in [0.25, 0.3) is 0 Å². The van der Waals surface area contributed by atoms with E-state index in [0.29, 0.717) is 19.5 Å². The van der Waals surface area contributed by atoms with Crippen LogP contribution < -0.4 is 4.90 Å². The zero-order chi connectivity index (χ0) is 19.2. The van der Waals surface area contributed by atoms with Gasteiger partial charge in [0.05, 0.1) is 5.92 Å². The normalized spacial score (nSPS) is 15.3. The van der Waals surface area contributed by atoms with Crippen LogP contribution in [0.15, 0.2) is 79.3 Å². The molecule has 1 saturated heterocycles. The van der Waals surface area contributed by atoms with Crippen LogP contribution in [0.5, 0.6) is 0 Å². The molecule has 0 N–H and O–H groups in total. The summed E-state index contributed by atoms with van der Waals surface area (Å²) in [5.41, 5.74) is 2.14. The number of carbonyl (C=O) groups is 1. The molecule has 1 aliphatic heterocycles. The molecular formula is C23H24N4O. The highest BCUT2D eigenvalue weighted by Gasteiger charge is 2.29. The molecule has 3 aromatic rings. The second kappa shape index (κ2) is 8.65. The van der Waals surface area contributed by atoms with Crippen LogP contribution in [0.25, 0.3) is 0 Å². The molecule has 5 nitrogen and oxygen atoms in total. The summed E-state index contributed by atoms with van der Waals surface area (Å²) in [6.07, 6.45) is 6.09. The van der Waals surface area contributed by atoms with Gasteiger partial charge in [-0.25, -0.2) is 4.98 Å². The molecule has 1 amide bonds. The fourth-order valence-corrected chi connectivity index (χ4v) is 3.70. The lowest BCUT2D eigenvalue weighted by Gasteiger charge is -2.37. The van der Waals surface area contributed by atoms with E-state index in [1.807, 2.05) is 78.0 Å². The van der Waals surface area contributed by atoms with E-state index >= 15 is 0 Å². The summed E-state index contributed by atoms with van der Waals surface area (Å²) in [6, 6.07) is 20.0. The molecule has 1 unspecified atom stereocenters. The molecule has 3 heterocycles. The third kappa shape index (κ3) is 4.19. The number of piperazine rings is 1. The van der Waals surface area contributed by atoms with E-state index in [-0.39, 0.29) is 11.8 Å². The maximum atomic E-state index is 13.4.